The molecule has 1 N–H and O–H groups in total. The van der Waals surface area contributed by atoms with E-state index in [1.54, 1.807) is 28.4 Å². The molecule has 6 heteroatoms. The van der Waals surface area contributed by atoms with Gasteiger partial charge in [-0.3, -0.25) is 14.5 Å². The summed E-state index contributed by atoms with van der Waals surface area (Å²) in [6.45, 7) is 3.11. The van der Waals surface area contributed by atoms with E-state index in [2.05, 4.69) is 15.4 Å². The van der Waals surface area contributed by atoms with E-state index in [9.17, 15) is 4.79 Å². The summed E-state index contributed by atoms with van der Waals surface area (Å²) in [5.41, 5.74) is 3.47. The molecule has 22 heavy (non-hydrogen) atoms. The van der Waals surface area contributed by atoms with Gasteiger partial charge < -0.3 is 5.32 Å². The summed E-state index contributed by atoms with van der Waals surface area (Å²) in [6.07, 6.45) is 3.43. The number of carbonyl (C=O) groups is 1. The van der Waals surface area contributed by atoms with Crippen LogP contribution in [0.3, 0.4) is 0 Å². The molecule has 0 atom stereocenters. The Balaban J connectivity index is 1.77. The number of aryl methyl sites for hydroxylation is 1. The second-order valence-corrected chi connectivity index (χ2v) is 5.56. The second-order valence-electron chi connectivity index (χ2n) is 4.78. The van der Waals surface area contributed by atoms with E-state index in [4.69, 9.17) is 0 Å². The molecule has 1 amide bonds. The number of amides is 1. The third kappa shape index (κ3) is 3.07. The molecule has 0 unspecified atom stereocenters. The Labute approximate surface area is 132 Å². The second kappa shape index (κ2) is 6.53. The zero-order valence-corrected chi connectivity index (χ0v) is 13.0. The first-order chi connectivity index (χ1) is 10.8. The minimum atomic E-state index is -0.118. The molecule has 0 aliphatic carbocycles. The van der Waals surface area contributed by atoms with Gasteiger partial charge in [0.1, 0.15) is 5.69 Å². The number of nitrogens with one attached hydrogen (secondary N) is 1. The predicted molar refractivity (Wildman–Crippen MR) is 86.6 cm³/mol. The van der Waals surface area contributed by atoms with Crippen LogP contribution in [0, 0.1) is 0 Å². The number of pyridine rings is 1. The number of carbonyl (C=O) groups excluding carboxylic acids is 1. The largest absolute Gasteiger partial charge is 0.347 e. The van der Waals surface area contributed by atoms with Gasteiger partial charge in [-0.1, -0.05) is 0 Å². The lowest BCUT2D eigenvalue weighted by Crippen LogP contribution is -2.25. The van der Waals surface area contributed by atoms with Gasteiger partial charge in [0, 0.05) is 36.4 Å². The Morgan fingerprint density at radius 2 is 2.14 bits per heavy atom. The van der Waals surface area contributed by atoms with Gasteiger partial charge >= 0.3 is 0 Å². The molecule has 3 aromatic rings. The topological polar surface area (TPSA) is 59.8 Å². The summed E-state index contributed by atoms with van der Waals surface area (Å²) < 4.78 is 1.73. The SMILES string of the molecule is CCn1nc(-c2ccsc2)cc1C(=O)NCc1ccncc1. The number of hydrogen-bond acceptors (Lipinski definition) is 4. The lowest BCUT2D eigenvalue weighted by Gasteiger charge is -2.06. The van der Waals surface area contributed by atoms with E-state index in [0.717, 1.165) is 16.8 Å². The number of aromatic nitrogens is 3. The summed E-state index contributed by atoms with van der Waals surface area (Å²) in [5, 5.41) is 11.5. The Morgan fingerprint density at radius 1 is 1.32 bits per heavy atom. The maximum absolute atomic E-state index is 12.4. The quantitative estimate of drug-likeness (QED) is 0.788. The Kier molecular flexibility index (Phi) is 4.29. The van der Waals surface area contributed by atoms with Gasteiger partial charge in [-0.05, 0) is 42.1 Å². The van der Waals surface area contributed by atoms with Gasteiger partial charge in [-0.15, -0.1) is 0 Å². The van der Waals surface area contributed by atoms with Gasteiger partial charge in [0.25, 0.3) is 5.91 Å². The molecule has 0 aliphatic heterocycles. The van der Waals surface area contributed by atoms with Crippen LogP contribution in [0.4, 0.5) is 0 Å². The number of thiophene rings is 1. The molecule has 5 nitrogen and oxygen atoms in total. The molecule has 3 aromatic heterocycles. The number of nitrogens with zero attached hydrogens (tertiary/aromatic N) is 3. The first kappa shape index (κ1) is 14.5. The van der Waals surface area contributed by atoms with Crippen LogP contribution in [-0.4, -0.2) is 20.7 Å². The van der Waals surface area contributed by atoms with E-state index in [0.29, 0.717) is 18.8 Å². The lowest BCUT2D eigenvalue weighted by atomic mass is 10.2. The third-order valence-electron chi connectivity index (χ3n) is 3.33. The first-order valence-electron chi connectivity index (χ1n) is 7.05. The zero-order valence-electron chi connectivity index (χ0n) is 12.2. The molecule has 0 fully saturated rings. The number of hydrogen-bond donors (Lipinski definition) is 1. The van der Waals surface area contributed by atoms with Crippen molar-refractivity contribution >= 4 is 17.2 Å². The van der Waals surface area contributed by atoms with Crippen molar-refractivity contribution < 1.29 is 4.79 Å². The monoisotopic (exact) mass is 312 g/mol. The van der Waals surface area contributed by atoms with Crippen LogP contribution < -0.4 is 5.32 Å². The van der Waals surface area contributed by atoms with Crippen molar-refractivity contribution in [3.8, 4) is 11.3 Å². The van der Waals surface area contributed by atoms with Crippen LogP contribution >= 0.6 is 11.3 Å². The number of rotatable bonds is 5. The van der Waals surface area contributed by atoms with E-state index in [1.807, 2.05) is 41.9 Å². The van der Waals surface area contributed by atoms with Crippen molar-refractivity contribution in [2.24, 2.45) is 0 Å². The van der Waals surface area contributed by atoms with Crippen LogP contribution in [0.1, 0.15) is 23.0 Å². The zero-order chi connectivity index (χ0) is 15.4. The summed E-state index contributed by atoms with van der Waals surface area (Å²) >= 11 is 1.62. The standard InChI is InChI=1S/C16H16N4OS/c1-2-20-15(9-14(19-20)13-5-8-22-11-13)16(21)18-10-12-3-6-17-7-4-12/h3-9,11H,2,10H2,1H3,(H,18,21). The van der Waals surface area contributed by atoms with Crippen LogP contribution in [0.25, 0.3) is 11.3 Å². The fourth-order valence-corrected chi connectivity index (χ4v) is 2.82. The molecule has 0 saturated carbocycles. The lowest BCUT2D eigenvalue weighted by molar-refractivity contribution is 0.0940. The molecule has 3 rings (SSSR count). The minimum Gasteiger partial charge on any atom is -0.347 e. The average Bonchev–Trinajstić information content (AvgIpc) is 3.22. The van der Waals surface area contributed by atoms with Crippen molar-refractivity contribution in [2.45, 2.75) is 20.0 Å². The maximum atomic E-state index is 12.4. The summed E-state index contributed by atoms with van der Waals surface area (Å²) in [7, 11) is 0. The van der Waals surface area contributed by atoms with Crippen LogP contribution in [-0.2, 0) is 13.1 Å². The van der Waals surface area contributed by atoms with Crippen molar-refractivity contribution in [3.05, 3.63) is 58.7 Å². The Hall–Kier alpha value is -2.47. The van der Waals surface area contributed by atoms with E-state index in [1.165, 1.54) is 0 Å². The third-order valence-corrected chi connectivity index (χ3v) is 4.01. The Bertz CT molecular complexity index is 750. The molecule has 0 spiro atoms. The minimum absolute atomic E-state index is 0.118. The summed E-state index contributed by atoms with van der Waals surface area (Å²) in [4.78, 5) is 16.4. The van der Waals surface area contributed by atoms with Gasteiger partial charge in [0.15, 0.2) is 0 Å². The van der Waals surface area contributed by atoms with Crippen molar-refractivity contribution in [1.29, 1.82) is 0 Å². The summed E-state index contributed by atoms with van der Waals surface area (Å²) in [6, 6.07) is 7.61. The average molecular weight is 312 g/mol. The van der Waals surface area contributed by atoms with Crippen LogP contribution in [0.5, 0.6) is 0 Å². The molecular formula is C16H16N4OS. The highest BCUT2D eigenvalue weighted by molar-refractivity contribution is 7.08. The fraction of sp³-hybridized carbons (Fsp3) is 0.188. The Morgan fingerprint density at radius 3 is 2.82 bits per heavy atom. The molecular weight excluding hydrogens is 296 g/mol. The smallest absolute Gasteiger partial charge is 0.269 e. The molecule has 0 radical (unpaired) electrons. The van der Waals surface area contributed by atoms with Gasteiger partial charge in [-0.25, -0.2) is 0 Å². The molecule has 3 heterocycles. The van der Waals surface area contributed by atoms with Crippen LogP contribution in [0.15, 0.2) is 47.4 Å². The van der Waals surface area contributed by atoms with Crippen molar-refractivity contribution in [3.63, 3.8) is 0 Å². The molecule has 0 aromatic carbocycles. The van der Waals surface area contributed by atoms with E-state index >= 15 is 0 Å². The molecule has 0 bridgehead atoms. The predicted octanol–water partition coefficient (Wildman–Crippen LogP) is 2.96. The molecule has 0 aliphatic rings. The van der Waals surface area contributed by atoms with Gasteiger partial charge in [0.2, 0.25) is 0 Å². The molecule has 0 saturated heterocycles. The highest BCUT2D eigenvalue weighted by Gasteiger charge is 2.15. The van der Waals surface area contributed by atoms with Crippen molar-refractivity contribution in [1.82, 2.24) is 20.1 Å². The molecule has 112 valence electrons. The van der Waals surface area contributed by atoms with E-state index < -0.39 is 0 Å². The van der Waals surface area contributed by atoms with Gasteiger partial charge in [-0.2, -0.15) is 16.4 Å². The van der Waals surface area contributed by atoms with Crippen LogP contribution in [0.2, 0.25) is 0 Å². The highest BCUT2D eigenvalue weighted by Crippen LogP contribution is 2.21. The maximum Gasteiger partial charge on any atom is 0.269 e. The summed E-state index contributed by atoms with van der Waals surface area (Å²) in [5.74, 6) is -0.118. The van der Waals surface area contributed by atoms with Crippen molar-refractivity contribution in [2.75, 3.05) is 0 Å². The highest BCUT2D eigenvalue weighted by atomic mass is 32.1. The first-order valence-corrected chi connectivity index (χ1v) is 7.99. The fourth-order valence-electron chi connectivity index (χ4n) is 2.17. The van der Waals surface area contributed by atoms with E-state index in [-0.39, 0.29) is 5.91 Å². The normalized spacial score (nSPS) is 10.6. The van der Waals surface area contributed by atoms with Gasteiger partial charge in [0.05, 0.1) is 5.69 Å².